The van der Waals surface area contributed by atoms with Crippen LogP contribution in [0.4, 0.5) is 0 Å². The average Bonchev–Trinajstić information content (AvgIpc) is 3.26. The van der Waals surface area contributed by atoms with Crippen molar-refractivity contribution in [1.29, 1.82) is 10.5 Å². The largest absolute Gasteiger partial charge is 0.357 e. The normalized spacial score (nSPS) is 16.9. The lowest BCUT2D eigenvalue weighted by Gasteiger charge is -2.16. The van der Waals surface area contributed by atoms with Crippen LogP contribution in [0.2, 0.25) is 0 Å². The molecule has 0 unspecified atom stereocenters. The molecule has 1 N–H and O–H groups in total. The molecule has 24 heavy (non-hydrogen) atoms. The van der Waals surface area contributed by atoms with Gasteiger partial charge in [0.05, 0.1) is 11.7 Å². The van der Waals surface area contributed by atoms with Crippen molar-refractivity contribution >= 4 is 10.9 Å². The second-order valence-corrected chi connectivity index (χ2v) is 6.00. The lowest BCUT2D eigenvalue weighted by Crippen LogP contribution is -2.17. The highest BCUT2D eigenvalue weighted by Crippen LogP contribution is 2.33. The smallest absolute Gasteiger partial charge is 0.179 e. The van der Waals surface area contributed by atoms with E-state index in [0.717, 1.165) is 47.2 Å². The van der Waals surface area contributed by atoms with Gasteiger partial charge >= 0.3 is 0 Å². The first-order valence-corrected chi connectivity index (χ1v) is 7.95. The van der Waals surface area contributed by atoms with Gasteiger partial charge < -0.3 is 9.88 Å². The lowest BCUT2D eigenvalue weighted by atomic mass is 10.1. The number of likely N-dealkylation sites (tertiary alicyclic amines) is 1. The Labute approximate surface area is 139 Å². The first-order valence-electron chi connectivity index (χ1n) is 7.95. The fourth-order valence-corrected chi connectivity index (χ4v) is 3.36. The van der Waals surface area contributed by atoms with Crippen LogP contribution in [0.15, 0.2) is 42.5 Å². The molecule has 1 saturated heterocycles. The van der Waals surface area contributed by atoms with Gasteiger partial charge in [0.1, 0.15) is 11.8 Å². The summed E-state index contributed by atoms with van der Waals surface area (Å²) in [4.78, 5) is 9.64. The van der Waals surface area contributed by atoms with Gasteiger partial charge in [0, 0.05) is 23.3 Å². The molecule has 0 amide bonds. The van der Waals surface area contributed by atoms with E-state index in [1.54, 1.807) is 6.07 Å². The van der Waals surface area contributed by atoms with Gasteiger partial charge in [-0.05, 0) is 42.5 Å². The van der Waals surface area contributed by atoms with Crippen molar-refractivity contribution in [3.05, 3.63) is 53.9 Å². The van der Waals surface area contributed by atoms with Crippen molar-refractivity contribution in [3.63, 3.8) is 0 Å². The molecule has 0 saturated carbocycles. The van der Waals surface area contributed by atoms with Gasteiger partial charge in [-0.2, -0.15) is 10.5 Å². The molecule has 1 atom stereocenters. The van der Waals surface area contributed by atoms with E-state index in [1.807, 2.05) is 29.2 Å². The summed E-state index contributed by atoms with van der Waals surface area (Å²) in [5.74, 6) is 0. The van der Waals surface area contributed by atoms with Crippen LogP contribution in [0.5, 0.6) is 0 Å². The van der Waals surface area contributed by atoms with E-state index < -0.39 is 0 Å². The van der Waals surface area contributed by atoms with Gasteiger partial charge in [-0.25, -0.2) is 4.98 Å². The van der Waals surface area contributed by atoms with Crippen molar-refractivity contribution < 1.29 is 0 Å². The summed E-state index contributed by atoms with van der Waals surface area (Å²) < 4.78 is 0. The first-order chi connectivity index (χ1) is 11.8. The number of hydrogen-bond donors (Lipinski definition) is 1. The number of pyridine rings is 1. The third-order valence-corrected chi connectivity index (χ3v) is 4.54. The molecule has 5 nitrogen and oxygen atoms in total. The zero-order valence-electron chi connectivity index (χ0n) is 13.0. The summed E-state index contributed by atoms with van der Waals surface area (Å²) in [7, 11) is 0. The van der Waals surface area contributed by atoms with Crippen molar-refractivity contribution in [2.24, 2.45) is 0 Å². The van der Waals surface area contributed by atoms with E-state index in [1.165, 1.54) is 0 Å². The van der Waals surface area contributed by atoms with Crippen LogP contribution in [0.25, 0.3) is 22.2 Å². The zero-order valence-corrected chi connectivity index (χ0v) is 13.0. The Morgan fingerprint density at radius 1 is 1.17 bits per heavy atom. The Kier molecular flexibility index (Phi) is 3.40. The Morgan fingerprint density at radius 3 is 2.92 bits per heavy atom. The number of hydrogen-bond acceptors (Lipinski definition) is 4. The molecule has 1 aliphatic rings. The van der Waals surface area contributed by atoms with E-state index in [-0.39, 0.29) is 6.04 Å². The summed E-state index contributed by atoms with van der Waals surface area (Å²) in [5, 5.41) is 19.4. The molecule has 1 aromatic carbocycles. The fourth-order valence-electron chi connectivity index (χ4n) is 3.36. The number of rotatable bonds is 2. The lowest BCUT2D eigenvalue weighted by molar-refractivity contribution is 0.369. The fraction of sp³-hybridized carbons (Fsp3) is 0.211. The Morgan fingerprint density at radius 2 is 2.08 bits per heavy atom. The number of aromatic amines is 1. The minimum absolute atomic E-state index is 0.144. The van der Waals surface area contributed by atoms with Gasteiger partial charge in [0.2, 0.25) is 0 Å². The van der Waals surface area contributed by atoms with Gasteiger partial charge in [-0.3, -0.25) is 0 Å². The maximum Gasteiger partial charge on any atom is 0.179 e. The van der Waals surface area contributed by atoms with E-state index in [0.29, 0.717) is 5.69 Å². The molecule has 0 radical (unpaired) electrons. The van der Waals surface area contributed by atoms with Gasteiger partial charge in [-0.15, -0.1) is 0 Å². The Bertz CT molecular complexity index is 989. The molecule has 5 heteroatoms. The van der Waals surface area contributed by atoms with Crippen LogP contribution < -0.4 is 0 Å². The van der Waals surface area contributed by atoms with E-state index in [2.05, 4.69) is 34.4 Å². The number of nitrogens with zero attached hydrogens (tertiary/aromatic N) is 4. The average molecular weight is 313 g/mol. The van der Waals surface area contributed by atoms with Crippen LogP contribution in [0.1, 0.15) is 30.3 Å². The molecular weight excluding hydrogens is 298 g/mol. The number of aromatic nitrogens is 2. The summed E-state index contributed by atoms with van der Waals surface area (Å²) in [5.41, 5.74) is 4.27. The Hall–Kier alpha value is -3.31. The minimum atomic E-state index is 0.144. The van der Waals surface area contributed by atoms with E-state index in [9.17, 15) is 5.26 Å². The highest BCUT2D eigenvalue weighted by molar-refractivity contribution is 5.85. The van der Waals surface area contributed by atoms with Crippen molar-refractivity contribution in [2.75, 3.05) is 6.54 Å². The Balaban J connectivity index is 1.74. The minimum Gasteiger partial charge on any atom is -0.357 e. The third kappa shape index (κ3) is 2.37. The maximum absolute atomic E-state index is 9.24. The van der Waals surface area contributed by atoms with Crippen molar-refractivity contribution in [3.8, 4) is 23.5 Å². The molecular formula is C19H15N5. The number of nitrogens with one attached hydrogen (secondary N) is 1. The molecule has 3 aromatic rings. The molecule has 1 aliphatic heterocycles. The van der Waals surface area contributed by atoms with Crippen LogP contribution in [-0.2, 0) is 0 Å². The standard InChI is InChI=1S/C19H15N5/c20-11-15-3-1-4-16(22-15)13-6-7-14-10-18(23-17(14)9-13)19-5-2-8-24(19)12-21/h1,3-4,6-7,9-10,19,23H,2,5,8H2/t19-/m0/s1. The zero-order chi connectivity index (χ0) is 16.5. The highest BCUT2D eigenvalue weighted by atomic mass is 15.2. The maximum atomic E-state index is 9.24. The second-order valence-electron chi connectivity index (χ2n) is 6.00. The molecule has 0 bridgehead atoms. The first kappa shape index (κ1) is 14.3. The van der Waals surface area contributed by atoms with Crippen LogP contribution in [0.3, 0.4) is 0 Å². The van der Waals surface area contributed by atoms with Crippen LogP contribution in [-0.4, -0.2) is 21.4 Å². The summed E-state index contributed by atoms with van der Waals surface area (Å²) in [6, 6.07) is 15.9. The predicted molar refractivity (Wildman–Crippen MR) is 90.5 cm³/mol. The number of fused-ring (bicyclic) bond motifs is 1. The predicted octanol–water partition coefficient (Wildman–Crippen LogP) is 3.72. The molecule has 4 rings (SSSR count). The molecule has 0 aliphatic carbocycles. The topological polar surface area (TPSA) is 79.5 Å². The van der Waals surface area contributed by atoms with Gasteiger partial charge in [-0.1, -0.05) is 18.2 Å². The molecule has 3 heterocycles. The summed E-state index contributed by atoms with van der Waals surface area (Å²) >= 11 is 0. The monoisotopic (exact) mass is 313 g/mol. The van der Waals surface area contributed by atoms with E-state index >= 15 is 0 Å². The summed E-state index contributed by atoms with van der Waals surface area (Å²) in [6.45, 7) is 0.826. The summed E-state index contributed by atoms with van der Waals surface area (Å²) in [6.07, 6.45) is 4.32. The van der Waals surface area contributed by atoms with Crippen LogP contribution >= 0.6 is 0 Å². The SMILES string of the molecule is N#Cc1cccc(-c2ccc3cc([C@@H]4CCCN4C#N)[nH]c3c2)n1. The van der Waals surface area contributed by atoms with Gasteiger partial charge in [0.15, 0.2) is 6.19 Å². The number of H-pyrrole nitrogens is 1. The van der Waals surface area contributed by atoms with Gasteiger partial charge in [0.25, 0.3) is 0 Å². The van der Waals surface area contributed by atoms with Crippen molar-refractivity contribution in [2.45, 2.75) is 18.9 Å². The highest BCUT2D eigenvalue weighted by Gasteiger charge is 2.26. The molecule has 1 fully saturated rings. The van der Waals surface area contributed by atoms with Crippen molar-refractivity contribution in [1.82, 2.24) is 14.9 Å². The molecule has 0 spiro atoms. The molecule has 116 valence electrons. The quantitative estimate of drug-likeness (QED) is 0.731. The number of nitriles is 2. The number of benzene rings is 1. The van der Waals surface area contributed by atoms with Crippen LogP contribution in [0, 0.1) is 22.8 Å². The molecule has 2 aromatic heterocycles. The third-order valence-electron chi connectivity index (χ3n) is 4.54. The van der Waals surface area contributed by atoms with E-state index in [4.69, 9.17) is 5.26 Å². The second kappa shape index (κ2) is 5.72.